The summed E-state index contributed by atoms with van der Waals surface area (Å²) < 4.78 is 0. The van der Waals surface area contributed by atoms with Crippen LogP contribution < -0.4 is 5.32 Å². The average Bonchev–Trinajstić information content (AvgIpc) is 2.36. The summed E-state index contributed by atoms with van der Waals surface area (Å²) in [5.74, 6) is 0.472. The third kappa shape index (κ3) is 4.34. The predicted octanol–water partition coefficient (Wildman–Crippen LogP) is 3.43. The first-order valence-corrected chi connectivity index (χ1v) is 6.90. The molecule has 0 aromatic heterocycles. The molecular formula is C15H15NO2S. The number of anilines is 1. The van der Waals surface area contributed by atoms with E-state index < -0.39 is 0 Å². The van der Waals surface area contributed by atoms with E-state index in [2.05, 4.69) is 5.32 Å². The molecule has 1 amide bonds. The first kappa shape index (κ1) is 13.5. The molecule has 0 fully saturated rings. The summed E-state index contributed by atoms with van der Waals surface area (Å²) in [4.78, 5) is 12.7. The van der Waals surface area contributed by atoms with Gasteiger partial charge in [-0.15, -0.1) is 11.8 Å². The minimum atomic E-state index is -0.0565. The molecule has 0 spiro atoms. The summed E-state index contributed by atoms with van der Waals surface area (Å²) in [6.07, 6.45) is 0. The number of benzene rings is 2. The number of aromatic hydroxyl groups is 1. The quantitative estimate of drug-likeness (QED) is 0.839. The van der Waals surface area contributed by atoms with Gasteiger partial charge in [0, 0.05) is 10.6 Å². The fourth-order valence-corrected chi connectivity index (χ4v) is 2.39. The van der Waals surface area contributed by atoms with E-state index in [4.69, 9.17) is 0 Å². The molecule has 0 aliphatic carbocycles. The van der Waals surface area contributed by atoms with E-state index in [0.717, 1.165) is 16.1 Å². The zero-order valence-corrected chi connectivity index (χ0v) is 11.4. The van der Waals surface area contributed by atoms with Gasteiger partial charge in [0.1, 0.15) is 5.75 Å². The Morgan fingerprint density at radius 3 is 2.74 bits per heavy atom. The molecule has 2 rings (SSSR count). The van der Waals surface area contributed by atoms with Gasteiger partial charge in [-0.25, -0.2) is 0 Å². The number of hydrogen-bond acceptors (Lipinski definition) is 3. The van der Waals surface area contributed by atoms with Gasteiger partial charge in [0.2, 0.25) is 5.91 Å². The number of carbonyl (C=O) groups excluding carboxylic acids is 1. The Balaban J connectivity index is 1.88. The van der Waals surface area contributed by atoms with E-state index >= 15 is 0 Å². The minimum absolute atomic E-state index is 0.0565. The van der Waals surface area contributed by atoms with Crippen molar-refractivity contribution < 1.29 is 9.90 Å². The van der Waals surface area contributed by atoms with E-state index in [0.29, 0.717) is 5.75 Å². The van der Waals surface area contributed by atoms with E-state index in [-0.39, 0.29) is 11.7 Å². The van der Waals surface area contributed by atoms with Crippen molar-refractivity contribution in [3.63, 3.8) is 0 Å². The van der Waals surface area contributed by atoms with Crippen LogP contribution in [0.4, 0.5) is 5.69 Å². The molecular weight excluding hydrogens is 258 g/mol. The SMILES string of the molecule is Cc1cccc(NC(=O)CSc2cccc(O)c2)c1. The second-order valence-corrected chi connectivity index (χ2v) is 5.25. The lowest BCUT2D eigenvalue weighted by atomic mass is 10.2. The van der Waals surface area contributed by atoms with Crippen molar-refractivity contribution >= 4 is 23.4 Å². The molecule has 0 radical (unpaired) electrons. The summed E-state index contributed by atoms with van der Waals surface area (Å²) in [6, 6.07) is 14.6. The number of phenolic OH excluding ortho intramolecular Hbond substituents is 1. The average molecular weight is 273 g/mol. The van der Waals surface area contributed by atoms with Crippen molar-refractivity contribution in [1.82, 2.24) is 0 Å². The number of hydrogen-bond donors (Lipinski definition) is 2. The maximum absolute atomic E-state index is 11.8. The number of nitrogens with one attached hydrogen (secondary N) is 1. The van der Waals surface area contributed by atoms with Crippen LogP contribution in [0, 0.1) is 6.92 Å². The summed E-state index contributed by atoms with van der Waals surface area (Å²) in [7, 11) is 0. The van der Waals surface area contributed by atoms with Crippen LogP contribution in [0.3, 0.4) is 0 Å². The largest absolute Gasteiger partial charge is 0.508 e. The third-order valence-corrected chi connectivity index (χ3v) is 3.48. The van der Waals surface area contributed by atoms with Crippen LogP contribution >= 0.6 is 11.8 Å². The summed E-state index contributed by atoms with van der Waals surface area (Å²) >= 11 is 1.39. The van der Waals surface area contributed by atoms with Gasteiger partial charge in [0.05, 0.1) is 5.75 Å². The van der Waals surface area contributed by atoms with Crippen molar-refractivity contribution in [2.45, 2.75) is 11.8 Å². The van der Waals surface area contributed by atoms with Crippen molar-refractivity contribution in [2.24, 2.45) is 0 Å². The second kappa shape index (κ2) is 6.29. The first-order chi connectivity index (χ1) is 9.13. The van der Waals surface area contributed by atoms with Gasteiger partial charge in [0.15, 0.2) is 0 Å². The first-order valence-electron chi connectivity index (χ1n) is 5.92. The van der Waals surface area contributed by atoms with Crippen molar-refractivity contribution in [3.05, 3.63) is 54.1 Å². The van der Waals surface area contributed by atoms with Crippen molar-refractivity contribution in [1.29, 1.82) is 0 Å². The molecule has 0 bridgehead atoms. The Morgan fingerprint density at radius 2 is 2.00 bits per heavy atom. The number of rotatable bonds is 4. The fourth-order valence-electron chi connectivity index (χ4n) is 1.64. The van der Waals surface area contributed by atoms with Gasteiger partial charge in [-0.1, -0.05) is 18.2 Å². The molecule has 0 saturated carbocycles. The van der Waals surface area contributed by atoms with Crippen LogP contribution in [0.25, 0.3) is 0 Å². The zero-order chi connectivity index (χ0) is 13.7. The monoisotopic (exact) mass is 273 g/mol. The van der Waals surface area contributed by atoms with E-state index in [1.807, 2.05) is 37.3 Å². The molecule has 2 aromatic rings. The highest BCUT2D eigenvalue weighted by atomic mass is 32.2. The number of thioether (sulfide) groups is 1. The molecule has 19 heavy (non-hydrogen) atoms. The zero-order valence-electron chi connectivity index (χ0n) is 10.6. The lowest BCUT2D eigenvalue weighted by Gasteiger charge is -2.06. The van der Waals surface area contributed by atoms with Crippen LogP contribution in [0.1, 0.15) is 5.56 Å². The Bertz CT molecular complexity index is 584. The molecule has 2 aromatic carbocycles. The van der Waals surface area contributed by atoms with Crippen LogP contribution in [-0.4, -0.2) is 16.8 Å². The molecule has 0 heterocycles. The van der Waals surface area contributed by atoms with Crippen molar-refractivity contribution in [3.8, 4) is 5.75 Å². The fraction of sp³-hybridized carbons (Fsp3) is 0.133. The lowest BCUT2D eigenvalue weighted by molar-refractivity contribution is -0.113. The highest BCUT2D eigenvalue weighted by Crippen LogP contribution is 2.22. The third-order valence-electron chi connectivity index (χ3n) is 2.49. The normalized spacial score (nSPS) is 10.2. The maximum atomic E-state index is 11.8. The Kier molecular flexibility index (Phi) is 4.47. The molecule has 0 aliphatic heterocycles. The lowest BCUT2D eigenvalue weighted by Crippen LogP contribution is -2.13. The molecule has 4 heteroatoms. The summed E-state index contributed by atoms with van der Waals surface area (Å²) in [5.41, 5.74) is 1.92. The topological polar surface area (TPSA) is 49.3 Å². The number of carbonyl (C=O) groups is 1. The number of amides is 1. The van der Waals surface area contributed by atoms with E-state index in [1.54, 1.807) is 18.2 Å². The number of aryl methyl sites for hydroxylation is 1. The van der Waals surface area contributed by atoms with Gasteiger partial charge in [-0.3, -0.25) is 4.79 Å². The Labute approximate surface area is 116 Å². The molecule has 0 atom stereocenters. The van der Waals surface area contributed by atoms with Gasteiger partial charge in [-0.05, 0) is 42.8 Å². The predicted molar refractivity (Wildman–Crippen MR) is 78.6 cm³/mol. The molecule has 3 nitrogen and oxygen atoms in total. The second-order valence-electron chi connectivity index (χ2n) is 4.20. The minimum Gasteiger partial charge on any atom is -0.508 e. The molecule has 0 aliphatic rings. The summed E-state index contributed by atoms with van der Waals surface area (Å²) in [6.45, 7) is 1.98. The standard InChI is InChI=1S/C15H15NO2S/c1-11-4-2-5-12(8-11)16-15(18)10-19-14-7-3-6-13(17)9-14/h2-9,17H,10H2,1H3,(H,16,18). The Morgan fingerprint density at radius 1 is 1.21 bits per heavy atom. The molecule has 0 unspecified atom stereocenters. The van der Waals surface area contributed by atoms with Gasteiger partial charge in [-0.2, -0.15) is 0 Å². The van der Waals surface area contributed by atoms with Crippen LogP contribution in [0.5, 0.6) is 5.75 Å². The highest BCUT2D eigenvalue weighted by Gasteiger charge is 2.04. The van der Waals surface area contributed by atoms with E-state index in [1.165, 1.54) is 11.8 Å². The van der Waals surface area contributed by atoms with E-state index in [9.17, 15) is 9.90 Å². The molecule has 98 valence electrons. The van der Waals surface area contributed by atoms with Gasteiger partial charge in [0.25, 0.3) is 0 Å². The maximum Gasteiger partial charge on any atom is 0.234 e. The Hall–Kier alpha value is -1.94. The molecule has 0 saturated heterocycles. The smallest absolute Gasteiger partial charge is 0.234 e. The van der Waals surface area contributed by atoms with Crippen LogP contribution in [-0.2, 0) is 4.79 Å². The van der Waals surface area contributed by atoms with Crippen LogP contribution in [0.15, 0.2) is 53.4 Å². The highest BCUT2D eigenvalue weighted by molar-refractivity contribution is 8.00. The molecule has 2 N–H and O–H groups in total. The van der Waals surface area contributed by atoms with Crippen molar-refractivity contribution in [2.75, 3.05) is 11.1 Å². The van der Waals surface area contributed by atoms with Gasteiger partial charge < -0.3 is 10.4 Å². The summed E-state index contributed by atoms with van der Waals surface area (Å²) in [5, 5.41) is 12.2. The van der Waals surface area contributed by atoms with Crippen LogP contribution in [0.2, 0.25) is 0 Å². The van der Waals surface area contributed by atoms with Gasteiger partial charge >= 0.3 is 0 Å². The number of phenols is 1.